The van der Waals surface area contributed by atoms with Gasteiger partial charge in [0.05, 0.1) is 5.69 Å². The fraction of sp³-hybridized carbons (Fsp3) is 0.286. The van der Waals surface area contributed by atoms with Crippen LogP contribution in [0.3, 0.4) is 0 Å². The molecule has 1 heterocycles. The first-order valence-electron chi connectivity index (χ1n) is 6.11. The standard InChI is InChI=1S/C14H14N2OS/c15-13(17)14-16-12(8-18-14)11-6-5-9-3-1-2-4-10(9)7-11/h5-8H,1-4H2,(H2,15,17). The predicted octanol–water partition coefficient (Wildman–Crippen LogP) is 2.79. The van der Waals surface area contributed by atoms with Crippen molar-refractivity contribution in [1.82, 2.24) is 4.98 Å². The fourth-order valence-electron chi connectivity index (χ4n) is 2.41. The molecule has 0 fully saturated rings. The highest BCUT2D eigenvalue weighted by Gasteiger charge is 2.12. The predicted molar refractivity (Wildman–Crippen MR) is 72.7 cm³/mol. The molecule has 2 N–H and O–H groups in total. The number of aromatic nitrogens is 1. The van der Waals surface area contributed by atoms with E-state index in [4.69, 9.17) is 5.73 Å². The van der Waals surface area contributed by atoms with E-state index in [0.717, 1.165) is 17.7 Å². The molecule has 0 radical (unpaired) electrons. The topological polar surface area (TPSA) is 56.0 Å². The molecule has 1 aromatic carbocycles. The quantitative estimate of drug-likeness (QED) is 0.900. The van der Waals surface area contributed by atoms with E-state index in [0.29, 0.717) is 5.01 Å². The zero-order valence-electron chi connectivity index (χ0n) is 9.98. The Balaban J connectivity index is 1.98. The molecule has 3 rings (SSSR count). The fourth-order valence-corrected chi connectivity index (χ4v) is 3.09. The van der Waals surface area contributed by atoms with Gasteiger partial charge < -0.3 is 5.73 Å². The normalized spacial score (nSPS) is 14.2. The van der Waals surface area contributed by atoms with E-state index in [2.05, 4.69) is 23.2 Å². The Morgan fingerprint density at radius 1 is 1.22 bits per heavy atom. The Bertz CT molecular complexity index is 604. The second-order valence-corrected chi connectivity index (χ2v) is 5.45. The third-order valence-corrected chi connectivity index (χ3v) is 4.22. The first kappa shape index (κ1) is 11.4. The number of fused-ring (bicyclic) bond motifs is 1. The maximum Gasteiger partial charge on any atom is 0.277 e. The summed E-state index contributed by atoms with van der Waals surface area (Å²) in [6, 6.07) is 6.48. The number of nitrogens with two attached hydrogens (primary N) is 1. The molecule has 92 valence electrons. The maximum atomic E-state index is 11.0. The summed E-state index contributed by atoms with van der Waals surface area (Å²) in [5.74, 6) is -0.454. The first-order chi connectivity index (χ1) is 8.74. The molecule has 1 aliphatic carbocycles. The molecule has 4 heteroatoms. The lowest BCUT2D eigenvalue weighted by Gasteiger charge is -2.15. The minimum atomic E-state index is -0.454. The van der Waals surface area contributed by atoms with Gasteiger partial charge in [-0.25, -0.2) is 4.98 Å². The Hall–Kier alpha value is -1.68. The molecule has 0 atom stereocenters. The lowest BCUT2D eigenvalue weighted by atomic mass is 9.90. The number of hydrogen-bond acceptors (Lipinski definition) is 3. The van der Waals surface area contributed by atoms with Crippen LogP contribution < -0.4 is 5.73 Å². The second kappa shape index (κ2) is 4.53. The molecule has 2 aromatic rings. The Morgan fingerprint density at radius 3 is 2.72 bits per heavy atom. The summed E-state index contributed by atoms with van der Waals surface area (Å²) >= 11 is 1.30. The van der Waals surface area contributed by atoms with Gasteiger partial charge in [0.1, 0.15) is 0 Å². The van der Waals surface area contributed by atoms with Crippen molar-refractivity contribution in [3.05, 3.63) is 39.7 Å². The van der Waals surface area contributed by atoms with E-state index in [-0.39, 0.29) is 0 Å². The number of benzene rings is 1. The smallest absolute Gasteiger partial charge is 0.277 e. The van der Waals surface area contributed by atoms with Gasteiger partial charge in [0.2, 0.25) is 0 Å². The third-order valence-electron chi connectivity index (χ3n) is 3.36. The summed E-state index contributed by atoms with van der Waals surface area (Å²) in [5.41, 5.74) is 10.0. The summed E-state index contributed by atoms with van der Waals surface area (Å²) in [4.78, 5) is 15.3. The van der Waals surface area contributed by atoms with Crippen molar-refractivity contribution in [3.8, 4) is 11.3 Å². The van der Waals surface area contributed by atoms with Crippen molar-refractivity contribution in [2.24, 2.45) is 5.73 Å². The molecular weight excluding hydrogens is 244 g/mol. The molecule has 0 spiro atoms. The maximum absolute atomic E-state index is 11.0. The molecule has 18 heavy (non-hydrogen) atoms. The monoisotopic (exact) mass is 258 g/mol. The first-order valence-corrected chi connectivity index (χ1v) is 6.99. The number of carbonyl (C=O) groups is 1. The average molecular weight is 258 g/mol. The van der Waals surface area contributed by atoms with Crippen LogP contribution in [0.1, 0.15) is 33.8 Å². The summed E-state index contributed by atoms with van der Waals surface area (Å²) < 4.78 is 0. The number of aryl methyl sites for hydroxylation is 2. The van der Waals surface area contributed by atoms with Crippen molar-refractivity contribution < 1.29 is 4.79 Å². The Labute approximate surface area is 110 Å². The van der Waals surface area contributed by atoms with Gasteiger partial charge in [-0.1, -0.05) is 12.1 Å². The van der Waals surface area contributed by atoms with Crippen molar-refractivity contribution in [3.63, 3.8) is 0 Å². The number of hydrogen-bond donors (Lipinski definition) is 1. The highest BCUT2D eigenvalue weighted by molar-refractivity contribution is 7.12. The van der Waals surface area contributed by atoms with E-state index >= 15 is 0 Å². The van der Waals surface area contributed by atoms with Gasteiger partial charge in [0.15, 0.2) is 5.01 Å². The highest BCUT2D eigenvalue weighted by Crippen LogP contribution is 2.28. The summed E-state index contributed by atoms with van der Waals surface area (Å²) in [6.45, 7) is 0. The van der Waals surface area contributed by atoms with Crippen LogP contribution in [0.5, 0.6) is 0 Å². The number of nitrogens with zero attached hydrogens (tertiary/aromatic N) is 1. The van der Waals surface area contributed by atoms with Crippen LogP contribution in [0.4, 0.5) is 0 Å². The van der Waals surface area contributed by atoms with E-state index in [1.807, 2.05) is 5.38 Å². The van der Waals surface area contributed by atoms with E-state index in [1.165, 1.54) is 41.7 Å². The SMILES string of the molecule is NC(=O)c1nc(-c2ccc3c(c2)CCCC3)cs1. The van der Waals surface area contributed by atoms with Gasteiger partial charge in [-0.2, -0.15) is 0 Å². The lowest BCUT2D eigenvalue weighted by Crippen LogP contribution is -2.10. The van der Waals surface area contributed by atoms with Crippen LogP contribution in [0, 0.1) is 0 Å². The molecule has 1 aliphatic rings. The van der Waals surface area contributed by atoms with Crippen LogP contribution in [-0.2, 0) is 12.8 Å². The lowest BCUT2D eigenvalue weighted by molar-refractivity contribution is 0.1000. The molecule has 0 bridgehead atoms. The van der Waals surface area contributed by atoms with Gasteiger partial charge >= 0.3 is 0 Å². The molecule has 1 amide bonds. The molecule has 0 saturated heterocycles. The third kappa shape index (κ3) is 2.04. The molecular formula is C14H14N2OS. The number of rotatable bonds is 2. The zero-order valence-corrected chi connectivity index (χ0v) is 10.8. The summed E-state index contributed by atoms with van der Waals surface area (Å²) in [5, 5.41) is 2.27. The molecule has 3 nitrogen and oxygen atoms in total. The van der Waals surface area contributed by atoms with E-state index in [9.17, 15) is 4.79 Å². The van der Waals surface area contributed by atoms with Gasteiger partial charge in [-0.15, -0.1) is 11.3 Å². The number of primary amides is 1. The number of carbonyl (C=O) groups excluding carboxylic acids is 1. The number of amides is 1. The van der Waals surface area contributed by atoms with E-state index in [1.54, 1.807) is 0 Å². The van der Waals surface area contributed by atoms with Gasteiger partial charge in [-0.05, 0) is 42.9 Å². The van der Waals surface area contributed by atoms with Crippen molar-refractivity contribution in [2.45, 2.75) is 25.7 Å². The van der Waals surface area contributed by atoms with Gasteiger partial charge in [-0.3, -0.25) is 4.79 Å². The second-order valence-electron chi connectivity index (χ2n) is 4.59. The van der Waals surface area contributed by atoms with Gasteiger partial charge in [0, 0.05) is 10.9 Å². The zero-order chi connectivity index (χ0) is 12.5. The van der Waals surface area contributed by atoms with Crippen LogP contribution >= 0.6 is 11.3 Å². The van der Waals surface area contributed by atoms with Crippen molar-refractivity contribution in [1.29, 1.82) is 0 Å². The van der Waals surface area contributed by atoms with E-state index < -0.39 is 5.91 Å². The molecule has 0 saturated carbocycles. The van der Waals surface area contributed by atoms with Gasteiger partial charge in [0.25, 0.3) is 5.91 Å². The highest BCUT2D eigenvalue weighted by atomic mass is 32.1. The largest absolute Gasteiger partial charge is 0.364 e. The van der Waals surface area contributed by atoms with Crippen LogP contribution in [0.15, 0.2) is 23.6 Å². The minimum absolute atomic E-state index is 0.378. The van der Waals surface area contributed by atoms with Crippen molar-refractivity contribution in [2.75, 3.05) is 0 Å². The van der Waals surface area contributed by atoms with Crippen LogP contribution in [0.2, 0.25) is 0 Å². The molecule has 0 aliphatic heterocycles. The molecule has 1 aromatic heterocycles. The minimum Gasteiger partial charge on any atom is -0.364 e. The average Bonchev–Trinajstić information content (AvgIpc) is 2.88. The van der Waals surface area contributed by atoms with Crippen LogP contribution in [0.25, 0.3) is 11.3 Å². The Morgan fingerprint density at radius 2 is 2.00 bits per heavy atom. The van der Waals surface area contributed by atoms with Crippen LogP contribution in [-0.4, -0.2) is 10.9 Å². The van der Waals surface area contributed by atoms with Crippen molar-refractivity contribution >= 4 is 17.2 Å². The number of thiazole rings is 1. The summed E-state index contributed by atoms with van der Waals surface area (Å²) in [7, 11) is 0. The Kier molecular flexibility index (Phi) is 2.88. The molecule has 0 unspecified atom stereocenters. The summed E-state index contributed by atoms with van der Waals surface area (Å²) in [6.07, 6.45) is 4.88.